The molecule has 1 amide bonds. The summed E-state index contributed by atoms with van der Waals surface area (Å²) in [4.78, 5) is 17.0. The average molecular weight is 388 g/mol. The molecule has 7 heteroatoms. The first-order chi connectivity index (χ1) is 13.0. The fourth-order valence-electron chi connectivity index (χ4n) is 3.18. The second-order valence-corrected chi connectivity index (χ2v) is 8.49. The first-order valence-corrected chi connectivity index (χ1v) is 10.6. The quantitative estimate of drug-likeness (QED) is 0.817. The first-order valence-electron chi connectivity index (χ1n) is 9.09. The minimum absolute atomic E-state index is 0.0499. The fraction of sp³-hybridized carbons (Fsp3) is 0.350. The maximum atomic E-state index is 12.7. The van der Waals surface area contributed by atoms with Crippen molar-refractivity contribution in [3.05, 3.63) is 65.7 Å². The smallest absolute Gasteiger partial charge is 0.253 e. The lowest BCUT2D eigenvalue weighted by molar-refractivity contribution is 0.0638. The van der Waals surface area contributed by atoms with Gasteiger partial charge in [0.05, 0.1) is 4.90 Å². The summed E-state index contributed by atoms with van der Waals surface area (Å²) >= 11 is 0. The molecule has 1 aliphatic rings. The van der Waals surface area contributed by atoms with Crippen LogP contribution in [0.5, 0.6) is 0 Å². The molecule has 1 aliphatic heterocycles. The van der Waals surface area contributed by atoms with Crippen molar-refractivity contribution >= 4 is 15.9 Å². The van der Waals surface area contributed by atoms with Gasteiger partial charge in [-0.2, -0.15) is 0 Å². The van der Waals surface area contributed by atoms with Gasteiger partial charge in [-0.3, -0.25) is 9.69 Å². The molecule has 0 radical (unpaired) electrons. The van der Waals surface area contributed by atoms with E-state index in [-0.39, 0.29) is 10.8 Å². The largest absolute Gasteiger partial charge is 0.336 e. The lowest BCUT2D eigenvalue weighted by atomic mass is 10.1. The lowest BCUT2D eigenvalue weighted by Gasteiger charge is -2.34. The highest BCUT2D eigenvalue weighted by atomic mass is 32.2. The number of nitrogens with one attached hydrogen (secondary N) is 1. The second kappa shape index (κ2) is 8.65. The topological polar surface area (TPSA) is 69.7 Å². The molecular weight excluding hydrogens is 362 g/mol. The van der Waals surface area contributed by atoms with E-state index in [9.17, 15) is 13.2 Å². The van der Waals surface area contributed by atoms with Crippen LogP contribution < -0.4 is 4.72 Å². The van der Waals surface area contributed by atoms with E-state index in [1.807, 2.05) is 11.0 Å². The molecule has 0 aliphatic carbocycles. The van der Waals surface area contributed by atoms with E-state index in [1.165, 1.54) is 24.7 Å². The van der Waals surface area contributed by atoms with Crippen molar-refractivity contribution in [3.8, 4) is 0 Å². The Morgan fingerprint density at radius 2 is 1.59 bits per heavy atom. The summed E-state index contributed by atoms with van der Waals surface area (Å²) in [6, 6.07) is 16.5. The van der Waals surface area contributed by atoms with E-state index in [4.69, 9.17) is 0 Å². The zero-order valence-corrected chi connectivity index (χ0v) is 16.3. The van der Waals surface area contributed by atoms with Crippen LogP contribution in [-0.4, -0.2) is 63.9 Å². The molecule has 0 saturated carbocycles. The molecule has 2 aromatic carbocycles. The number of hydrogen-bond acceptors (Lipinski definition) is 4. The molecule has 3 rings (SSSR count). The number of piperazine rings is 1. The molecule has 0 aromatic heterocycles. The number of carbonyl (C=O) groups is 1. The van der Waals surface area contributed by atoms with Crippen LogP contribution in [0.15, 0.2) is 59.5 Å². The van der Waals surface area contributed by atoms with Gasteiger partial charge in [0, 0.05) is 38.3 Å². The summed E-state index contributed by atoms with van der Waals surface area (Å²) in [6.45, 7) is 4.06. The summed E-state index contributed by atoms with van der Waals surface area (Å²) in [6.07, 6.45) is 1.01. The van der Waals surface area contributed by atoms with E-state index in [0.717, 1.165) is 26.1 Å². The SMILES string of the molecule is CNS(=O)(=O)c1ccc(C(=O)N2CCN(CCc3ccccc3)CC2)cc1. The van der Waals surface area contributed by atoms with Gasteiger partial charge in [0.25, 0.3) is 5.91 Å². The molecule has 1 N–H and O–H groups in total. The molecule has 1 heterocycles. The van der Waals surface area contributed by atoms with Gasteiger partial charge in [-0.15, -0.1) is 0 Å². The van der Waals surface area contributed by atoms with Gasteiger partial charge in [-0.05, 0) is 43.3 Å². The molecule has 0 spiro atoms. The van der Waals surface area contributed by atoms with E-state index in [1.54, 1.807) is 12.1 Å². The number of carbonyl (C=O) groups excluding carboxylic acids is 1. The number of hydrogen-bond donors (Lipinski definition) is 1. The van der Waals surface area contributed by atoms with Crippen molar-refractivity contribution in [2.24, 2.45) is 0 Å². The zero-order chi connectivity index (χ0) is 19.3. The van der Waals surface area contributed by atoms with Crippen LogP contribution in [0.1, 0.15) is 15.9 Å². The molecule has 1 fully saturated rings. The number of nitrogens with zero attached hydrogens (tertiary/aromatic N) is 2. The van der Waals surface area contributed by atoms with Crippen molar-refractivity contribution in [3.63, 3.8) is 0 Å². The van der Waals surface area contributed by atoms with Crippen molar-refractivity contribution in [2.75, 3.05) is 39.8 Å². The van der Waals surface area contributed by atoms with E-state index in [0.29, 0.717) is 18.7 Å². The van der Waals surface area contributed by atoms with Gasteiger partial charge in [0.2, 0.25) is 10.0 Å². The fourth-order valence-corrected chi connectivity index (χ4v) is 3.91. The summed E-state index contributed by atoms with van der Waals surface area (Å²) in [7, 11) is -2.12. The molecule has 0 atom stereocenters. The van der Waals surface area contributed by atoms with E-state index < -0.39 is 10.0 Å². The van der Waals surface area contributed by atoms with Gasteiger partial charge < -0.3 is 4.90 Å². The maximum Gasteiger partial charge on any atom is 0.253 e. The summed E-state index contributed by atoms with van der Waals surface area (Å²) in [5.41, 5.74) is 1.84. The Hall–Kier alpha value is -2.22. The molecule has 2 aromatic rings. The van der Waals surface area contributed by atoms with Crippen LogP contribution >= 0.6 is 0 Å². The molecular formula is C20H25N3O3S. The lowest BCUT2D eigenvalue weighted by Crippen LogP contribution is -2.49. The van der Waals surface area contributed by atoms with E-state index in [2.05, 4.69) is 33.9 Å². The minimum Gasteiger partial charge on any atom is -0.336 e. The van der Waals surface area contributed by atoms with Gasteiger partial charge in [-0.1, -0.05) is 30.3 Å². The summed E-state index contributed by atoms with van der Waals surface area (Å²) in [5.74, 6) is -0.0499. The normalized spacial score (nSPS) is 15.7. The van der Waals surface area contributed by atoms with Gasteiger partial charge in [-0.25, -0.2) is 13.1 Å². The molecule has 6 nitrogen and oxygen atoms in total. The Morgan fingerprint density at radius 1 is 0.963 bits per heavy atom. The second-order valence-electron chi connectivity index (χ2n) is 6.60. The van der Waals surface area contributed by atoms with Crippen LogP contribution in [0.2, 0.25) is 0 Å². The van der Waals surface area contributed by atoms with Gasteiger partial charge in [0.1, 0.15) is 0 Å². The molecule has 27 heavy (non-hydrogen) atoms. The highest BCUT2D eigenvalue weighted by Gasteiger charge is 2.22. The molecule has 0 unspecified atom stereocenters. The standard InChI is InChI=1S/C20H25N3O3S/c1-21-27(25,26)19-9-7-18(8-10-19)20(24)23-15-13-22(14-16-23)12-11-17-5-3-2-4-6-17/h2-10,21H,11-16H2,1H3. The predicted molar refractivity (Wildman–Crippen MR) is 105 cm³/mol. The minimum atomic E-state index is -3.48. The zero-order valence-electron chi connectivity index (χ0n) is 15.5. The van der Waals surface area contributed by atoms with E-state index >= 15 is 0 Å². The summed E-state index contributed by atoms with van der Waals surface area (Å²) < 4.78 is 25.8. The molecule has 0 bridgehead atoms. The average Bonchev–Trinajstić information content (AvgIpc) is 2.73. The third kappa shape index (κ3) is 4.94. The number of rotatable bonds is 6. The number of benzene rings is 2. The third-order valence-electron chi connectivity index (χ3n) is 4.90. The summed E-state index contributed by atoms with van der Waals surface area (Å²) in [5, 5.41) is 0. The first kappa shape index (κ1) is 19.5. The third-order valence-corrected chi connectivity index (χ3v) is 6.33. The predicted octanol–water partition coefficient (Wildman–Crippen LogP) is 1.60. The van der Waals surface area contributed by atoms with Crippen molar-refractivity contribution in [1.82, 2.24) is 14.5 Å². The Morgan fingerprint density at radius 3 is 2.19 bits per heavy atom. The Bertz CT molecular complexity index is 859. The Kier molecular flexibility index (Phi) is 6.26. The van der Waals surface area contributed by atoms with Crippen molar-refractivity contribution < 1.29 is 13.2 Å². The number of amides is 1. The van der Waals surface area contributed by atoms with Crippen LogP contribution in [-0.2, 0) is 16.4 Å². The highest BCUT2D eigenvalue weighted by Crippen LogP contribution is 2.14. The number of sulfonamides is 1. The molecule has 1 saturated heterocycles. The van der Waals surface area contributed by atoms with Crippen LogP contribution in [0.3, 0.4) is 0 Å². The van der Waals surface area contributed by atoms with Crippen LogP contribution in [0.25, 0.3) is 0 Å². The highest BCUT2D eigenvalue weighted by molar-refractivity contribution is 7.89. The van der Waals surface area contributed by atoms with Crippen LogP contribution in [0, 0.1) is 0 Å². The Labute approximate surface area is 160 Å². The van der Waals surface area contributed by atoms with Crippen molar-refractivity contribution in [2.45, 2.75) is 11.3 Å². The maximum absolute atomic E-state index is 12.7. The van der Waals surface area contributed by atoms with Crippen molar-refractivity contribution in [1.29, 1.82) is 0 Å². The van der Waals surface area contributed by atoms with Crippen LogP contribution in [0.4, 0.5) is 0 Å². The van der Waals surface area contributed by atoms with Gasteiger partial charge >= 0.3 is 0 Å². The monoisotopic (exact) mass is 387 g/mol. The Balaban J connectivity index is 1.52. The van der Waals surface area contributed by atoms with Gasteiger partial charge in [0.15, 0.2) is 0 Å². The molecule has 144 valence electrons.